The Kier molecular flexibility index (Phi) is 3.64. The molecule has 1 N–H and O–H groups in total. The molecule has 0 spiro atoms. The van der Waals surface area contributed by atoms with Crippen LogP contribution in [0.25, 0.3) is 33.3 Å². The SMILES string of the molecule is C(=NC1CC1)c1nc2c(-c3ccccc3)ccc(-c3ccccc3)c2[nH]1. The van der Waals surface area contributed by atoms with Crippen molar-refractivity contribution in [3.63, 3.8) is 0 Å². The first kappa shape index (κ1) is 15.1. The van der Waals surface area contributed by atoms with Crippen LogP contribution < -0.4 is 0 Å². The average Bonchev–Trinajstić information content (AvgIpc) is 3.44. The molecule has 26 heavy (non-hydrogen) atoms. The number of imidazole rings is 1. The highest BCUT2D eigenvalue weighted by atomic mass is 15.0. The van der Waals surface area contributed by atoms with Gasteiger partial charge in [-0.05, 0) is 24.0 Å². The van der Waals surface area contributed by atoms with Gasteiger partial charge >= 0.3 is 0 Å². The van der Waals surface area contributed by atoms with E-state index in [0.717, 1.165) is 22.4 Å². The number of aliphatic imine (C=N–C) groups is 1. The van der Waals surface area contributed by atoms with Gasteiger partial charge in [0.2, 0.25) is 0 Å². The Labute approximate surface area is 152 Å². The first-order valence-electron chi connectivity index (χ1n) is 9.05. The number of aromatic amines is 1. The number of benzene rings is 3. The quantitative estimate of drug-likeness (QED) is 0.492. The second-order valence-electron chi connectivity index (χ2n) is 6.75. The standard InChI is InChI=1S/C23H19N3/c1-3-7-16(8-4-1)19-13-14-20(17-9-5-2-6-10-17)23-22(19)25-21(26-23)15-24-18-11-12-18/h1-10,13-15,18H,11-12H2,(H,25,26). The van der Waals surface area contributed by atoms with Crippen LogP contribution in [0.1, 0.15) is 18.7 Å². The van der Waals surface area contributed by atoms with Gasteiger partial charge in [-0.2, -0.15) is 0 Å². The van der Waals surface area contributed by atoms with E-state index in [1.165, 1.54) is 29.5 Å². The highest BCUT2D eigenvalue weighted by Gasteiger charge is 2.19. The lowest BCUT2D eigenvalue weighted by molar-refractivity contribution is 1.07. The number of nitrogens with one attached hydrogen (secondary N) is 1. The fourth-order valence-corrected chi connectivity index (χ4v) is 3.28. The Morgan fingerprint density at radius 1 is 0.808 bits per heavy atom. The zero-order valence-electron chi connectivity index (χ0n) is 14.4. The number of nitrogens with zero attached hydrogens (tertiary/aromatic N) is 2. The second kappa shape index (κ2) is 6.26. The van der Waals surface area contributed by atoms with Crippen LogP contribution >= 0.6 is 0 Å². The van der Waals surface area contributed by atoms with E-state index in [9.17, 15) is 0 Å². The van der Waals surface area contributed by atoms with E-state index in [2.05, 4.69) is 70.6 Å². The number of H-pyrrole nitrogens is 1. The summed E-state index contributed by atoms with van der Waals surface area (Å²) < 4.78 is 0. The molecule has 3 aromatic carbocycles. The molecule has 1 saturated carbocycles. The molecule has 0 amide bonds. The molecule has 0 bridgehead atoms. The Bertz CT molecular complexity index is 998. The van der Waals surface area contributed by atoms with Gasteiger partial charge < -0.3 is 4.98 Å². The van der Waals surface area contributed by atoms with Gasteiger partial charge in [-0.3, -0.25) is 4.99 Å². The predicted octanol–water partition coefficient (Wildman–Crippen LogP) is 5.48. The van der Waals surface area contributed by atoms with Gasteiger partial charge in [0.15, 0.2) is 0 Å². The monoisotopic (exact) mass is 337 g/mol. The van der Waals surface area contributed by atoms with Crippen LogP contribution in [0.5, 0.6) is 0 Å². The molecule has 4 aromatic rings. The molecule has 1 aliphatic carbocycles. The third-order valence-electron chi connectivity index (χ3n) is 4.79. The van der Waals surface area contributed by atoms with E-state index in [4.69, 9.17) is 4.98 Å². The maximum atomic E-state index is 4.87. The van der Waals surface area contributed by atoms with Crippen molar-refractivity contribution in [3.8, 4) is 22.3 Å². The van der Waals surface area contributed by atoms with E-state index in [0.29, 0.717) is 6.04 Å². The van der Waals surface area contributed by atoms with Crippen LogP contribution in [0, 0.1) is 0 Å². The largest absolute Gasteiger partial charge is 0.337 e. The molecule has 1 fully saturated rings. The zero-order valence-corrected chi connectivity index (χ0v) is 14.4. The van der Waals surface area contributed by atoms with E-state index >= 15 is 0 Å². The summed E-state index contributed by atoms with van der Waals surface area (Å²) in [4.78, 5) is 13.0. The summed E-state index contributed by atoms with van der Waals surface area (Å²) in [6, 6.07) is 25.7. The van der Waals surface area contributed by atoms with Crippen molar-refractivity contribution in [2.45, 2.75) is 18.9 Å². The third-order valence-corrected chi connectivity index (χ3v) is 4.79. The summed E-state index contributed by atoms with van der Waals surface area (Å²) in [5.74, 6) is 0.826. The van der Waals surface area contributed by atoms with Crippen molar-refractivity contribution < 1.29 is 0 Å². The first-order chi connectivity index (χ1) is 12.9. The van der Waals surface area contributed by atoms with Crippen molar-refractivity contribution in [1.82, 2.24) is 9.97 Å². The van der Waals surface area contributed by atoms with Gasteiger partial charge in [0.1, 0.15) is 5.82 Å². The molecule has 1 aromatic heterocycles. The fourth-order valence-electron chi connectivity index (χ4n) is 3.28. The van der Waals surface area contributed by atoms with Crippen LogP contribution in [0.3, 0.4) is 0 Å². The van der Waals surface area contributed by atoms with Gasteiger partial charge in [-0.15, -0.1) is 0 Å². The summed E-state index contributed by atoms with van der Waals surface area (Å²) in [5, 5.41) is 0. The van der Waals surface area contributed by atoms with Crippen LogP contribution in [-0.4, -0.2) is 22.2 Å². The summed E-state index contributed by atoms with van der Waals surface area (Å²) in [6.45, 7) is 0. The van der Waals surface area contributed by atoms with Gasteiger partial charge in [0, 0.05) is 11.1 Å². The van der Waals surface area contributed by atoms with Crippen LogP contribution in [-0.2, 0) is 0 Å². The molecule has 1 heterocycles. The Hall–Kier alpha value is -3.20. The number of rotatable bonds is 4. The van der Waals surface area contributed by atoms with E-state index < -0.39 is 0 Å². The fraction of sp³-hybridized carbons (Fsp3) is 0.130. The normalized spacial score (nSPS) is 14.3. The summed E-state index contributed by atoms with van der Waals surface area (Å²) >= 11 is 0. The highest BCUT2D eigenvalue weighted by Crippen LogP contribution is 2.34. The number of aromatic nitrogens is 2. The van der Waals surface area contributed by atoms with Crippen LogP contribution in [0.4, 0.5) is 0 Å². The molecule has 126 valence electrons. The van der Waals surface area contributed by atoms with Gasteiger partial charge in [-0.1, -0.05) is 72.8 Å². The molecule has 0 saturated heterocycles. The van der Waals surface area contributed by atoms with Crippen molar-refractivity contribution in [2.24, 2.45) is 4.99 Å². The van der Waals surface area contributed by atoms with Crippen LogP contribution in [0.2, 0.25) is 0 Å². The zero-order chi connectivity index (χ0) is 17.3. The van der Waals surface area contributed by atoms with Crippen molar-refractivity contribution in [3.05, 3.63) is 78.6 Å². The molecule has 0 aliphatic heterocycles. The third kappa shape index (κ3) is 2.82. The molecule has 3 nitrogen and oxygen atoms in total. The molecule has 0 atom stereocenters. The number of hydrogen-bond donors (Lipinski definition) is 1. The first-order valence-corrected chi connectivity index (χ1v) is 9.05. The number of hydrogen-bond acceptors (Lipinski definition) is 2. The molecule has 0 radical (unpaired) electrons. The van der Waals surface area contributed by atoms with Gasteiger partial charge in [0.25, 0.3) is 0 Å². The lowest BCUT2D eigenvalue weighted by Crippen LogP contribution is -1.85. The molecule has 0 unspecified atom stereocenters. The van der Waals surface area contributed by atoms with E-state index in [-0.39, 0.29) is 0 Å². The molecule has 5 rings (SSSR count). The molecule has 3 heteroatoms. The number of fused-ring (bicyclic) bond motifs is 1. The summed E-state index contributed by atoms with van der Waals surface area (Å²) in [7, 11) is 0. The van der Waals surface area contributed by atoms with E-state index in [1.807, 2.05) is 18.3 Å². The lowest BCUT2D eigenvalue weighted by atomic mass is 9.98. The molecule has 1 aliphatic rings. The van der Waals surface area contributed by atoms with E-state index in [1.54, 1.807) is 0 Å². The molecular formula is C23H19N3. The maximum absolute atomic E-state index is 4.87. The lowest BCUT2D eigenvalue weighted by Gasteiger charge is -2.07. The Morgan fingerprint density at radius 2 is 1.42 bits per heavy atom. The Balaban J connectivity index is 1.71. The van der Waals surface area contributed by atoms with Crippen molar-refractivity contribution >= 4 is 17.2 Å². The smallest absolute Gasteiger partial charge is 0.149 e. The van der Waals surface area contributed by atoms with Gasteiger partial charge in [0.05, 0.1) is 23.3 Å². The summed E-state index contributed by atoms with van der Waals surface area (Å²) in [5.41, 5.74) is 6.73. The maximum Gasteiger partial charge on any atom is 0.149 e. The predicted molar refractivity (Wildman–Crippen MR) is 108 cm³/mol. The van der Waals surface area contributed by atoms with Crippen molar-refractivity contribution in [1.29, 1.82) is 0 Å². The minimum Gasteiger partial charge on any atom is -0.337 e. The minimum absolute atomic E-state index is 0.491. The highest BCUT2D eigenvalue weighted by molar-refractivity contribution is 6.02. The topological polar surface area (TPSA) is 41.0 Å². The summed E-state index contributed by atoms with van der Waals surface area (Å²) in [6.07, 6.45) is 4.28. The Morgan fingerprint density at radius 3 is 2.08 bits per heavy atom. The molecular weight excluding hydrogens is 318 g/mol. The second-order valence-corrected chi connectivity index (χ2v) is 6.75. The van der Waals surface area contributed by atoms with Crippen molar-refractivity contribution in [2.75, 3.05) is 0 Å². The van der Waals surface area contributed by atoms with Gasteiger partial charge in [-0.25, -0.2) is 4.98 Å². The van der Waals surface area contributed by atoms with Crippen LogP contribution in [0.15, 0.2) is 77.8 Å². The minimum atomic E-state index is 0.491. The average molecular weight is 337 g/mol.